The first-order valence-corrected chi connectivity index (χ1v) is 8.39. The molecule has 0 aliphatic carbocycles. The van der Waals surface area contributed by atoms with E-state index in [0.29, 0.717) is 22.5 Å². The van der Waals surface area contributed by atoms with Crippen molar-refractivity contribution in [3.63, 3.8) is 0 Å². The summed E-state index contributed by atoms with van der Waals surface area (Å²) in [6, 6.07) is 14.1. The van der Waals surface area contributed by atoms with Gasteiger partial charge in [-0.15, -0.1) is 0 Å². The van der Waals surface area contributed by atoms with Gasteiger partial charge in [0, 0.05) is 11.6 Å². The molecule has 0 radical (unpaired) electrons. The van der Waals surface area contributed by atoms with Crippen LogP contribution in [0.3, 0.4) is 0 Å². The number of hydrogen-bond acceptors (Lipinski definition) is 5. The Balaban J connectivity index is 1.85. The highest BCUT2D eigenvalue weighted by atomic mass is 16.6. The zero-order chi connectivity index (χ0) is 18.7. The highest BCUT2D eigenvalue weighted by Crippen LogP contribution is 2.25. The van der Waals surface area contributed by atoms with E-state index in [1.807, 2.05) is 31.2 Å². The van der Waals surface area contributed by atoms with Crippen molar-refractivity contribution >= 4 is 16.9 Å². The molecule has 0 saturated heterocycles. The maximum absolute atomic E-state index is 12.5. The van der Waals surface area contributed by atoms with E-state index in [-0.39, 0.29) is 18.1 Å². The van der Waals surface area contributed by atoms with E-state index < -0.39 is 5.97 Å². The number of esters is 1. The molecule has 3 aromatic rings. The van der Waals surface area contributed by atoms with Crippen LogP contribution in [0.4, 0.5) is 0 Å². The number of benzene rings is 2. The second-order valence-electron chi connectivity index (χ2n) is 6.33. The molecule has 0 saturated carbocycles. The highest BCUT2D eigenvalue weighted by Gasteiger charge is 2.10. The molecule has 5 heteroatoms. The van der Waals surface area contributed by atoms with Crippen LogP contribution >= 0.6 is 0 Å². The van der Waals surface area contributed by atoms with Gasteiger partial charge in [-0.2, -0.15) is 0 Å². The minimum absolute atomic E-state index is 0.169. The third-order valence-corrected chi connectivity index (χ3v) is 3.76. The fourth-order valence-corrected chi connectivity index (χ4v) is 2.52. The maximum Gasteiger partial charge on any atom is 0.344 e. The van der Waals surface area contributed by atoms with Gasteiger partial charge in [0.25, 0.3) is 0 Å². The Morgan fingerprint density at radius 1 is 1.08 bits per heavy atom. The standard InChI is InChI=1S/C21H20O5/c1-13(2)25-21(23)12-24-16-8-9-19-17(10-16)18(22)11-20(26-19)15-6-4-14(3)5-7-15/h4-11,13H,12H2,1-3H3. The average Bonchev–Trinajstić information content (AvgIpc) is 2.60. The summed E-state index contributed by atoms with van der Waals surface area (Å²) < 4.78 is 16.3. The number of hydrogen-bond donors (Lipinski definition) is 0. The third-order valence-electron chi connectivity index (χ3n) is 3.76. The Hall–Kier alpha value is -3.08. The van der Waals surface area contributed by atoms with E-state index in [9.17, 15) is 9.59 Å². The lowest BCUT2D eigenvalue weighted by molar-refractivity contribution is -0.149. The lowest BCUT2D eigenvalue weighted by Crippen LogP contribution is -2.18. The molecule has 1 heterocycles. The molecule has 0 amide bonds. The van der Waals surface area contributed by atoms with E-state index in [0.717, 1.165) is 11.1 Å². The highest BCUT2D eigenvalue weighted by molar-refractivity contribution is 5.80. The summed E-state index contributed by atoms with van der Waals surface area (Å²) in [6.45, 7) is 5.32. The number of fused-ring (bicyclic) bond motifs is 1. The SMILES string of the molecule is Cc1ccc(-c2cc(=O)c3cc(OCC(=O)OC(C)C)ccc3o2)cc1. The van der Waals surface area contributed by atoms with Crippen LogP contribution in [0.25, 0.3) is 22.3 Å². The second-order valence-corrected chi connectivity index (χ2v) is 6.33. The van der Waals surface area contributed by atoms with Crippen molar-refractivity contribution in [3.8, 4) is 17.1 Å². The number of rotatable bonds is 5. The van der Waals surface area contributed by atoms with Crippen molar-refractivity contribution in [2.75, 3.05) is 6.61 Å². The van der Waals surface area contributed by atoms with Gasteiger partial charge in [-0.3, -0.25) is 4.79 Å². The summed E-state index contributed by atoms with van der Waals surface area (Å²) in [5.41, 5.74) is 2.27. The first-order valence-electron chi connectivity index (χ1n) is 8.39. The van der Waals surface area contributed by atoms with Crippen LogP contribution in [-0.4, -0.2) is 18.7 Å². The molecule has 0 fully saturated rings. The number of ether oxygens (including phenoxy) is 2. The largest absolute Gasteiger partial charge is 0.482 e. The molecule has 0 aliphatic rings. The van der Waals surface area contributed by atoms with Gasteiger partial charge in [0.05, 0.1) is 11.5 Å². The molecule has 2 aromatic carbocycles. The number of carbonyl (C=O) groups excluding carboxylic acids is 1. The Morgan fingerprint density at radius 3 is 2.50 bits per heavy atom. The van der Waals surface area contributed by atoms with E-state index in [4.69, 9.17) is 13.9 Å². The molecule has 0 spiro atoms. The molecule has 3 rings (SSSR count). The van der Waals surface area contributed by atoms with E-state index in [2.05, 4.69) is 0 Å². The summed E-state index contributed by atoms with van der Waals surface area (Å²) in [5, 5.41) is 0.399. The molecule has 0 aliphatic heterocycles. The Kier molecular flexibility index (Phi) is 5.07. The molecule has 1 aromatic heterocycles. The zero-order valence-corrected chi connectivity index (χ0v) is 14.9. The number of carbonyl (C=O) groups is 1. The summed E-state index contributed by atoms with van der Waals surface area (Å²) in [6.07, 6.45) is -0.199. The number of aryl methyl sites for hydroxylation is 1. The summed E-state index contributed by atoms with van der Waals surface area (Å²) >= 11 is 0. The van der Waals surface area contributed by atoms with Crippen LogP contribution in [0, 0.1) is 6.92 Å². The normalized spacial score (nSPS) is 10.9. The predicted molar refractivity (Wildman–Crippen MR) is 99.4 cm³/mol. The van der Waals surface area contributed by atoms with Crippen molar-refractivity contribution in [1.29, 1.82) is 0 Å². The second kappa shape index (κ2) is 7.44. The van der Waals surface area contributed by atoms with Crippen LogP contribution in [-0.2, 0) is 9.53 Å². The van der Waals surface area contributed by atoms with Crippen molar-refractivity contribution in [2.24, 2.45) is 0 Å². The van der Waals surface area contributed by atoms with Gasteiger partial charge < -0.3 is 13.9 Å². The summed E-state index contributed by atoms with van der Waals surface area (Å²) in [7, 11) is 0. The molecule has 0 atom stereocenters. The van der Waals surface area contributed by atoms with Crippen LogP contribution in [0.1, 0.15) is 19.4 Å². The molecule has 0 unspecified atom stereocenters. The molecule has 5 nitrogen and oxygen atoms in total. The fraction of sp³-hybridized carbons (Fsp3) is 0.238. The van der Waals surface area contributed by atoms with Gasteiger partial charge in [-0.25, -0.2) is 4.79 Å². The predicted octanol–water partition coefficient (Wildman–Crippen LogP) is 4.10. The van der Waals surface area contributed by atoms with Crippen LogP contribution < -0.4 is 10.2 Å². The van der Waals surface area contributed by atoms with Gasteiger partial charge in [-0.1, -0.05) is 29.8 Å². The van der Waals surface area contributed by atoms with Crippen molar-refractivity contribution in [1.82, 2.24) is 0 Å². The van der Waals surface area contributed by atoms with Crippen LogP contribution in [0.5, 0.6) is 5.75 Å². The Morgan fingerprint density at radius 2 is 1.81 bits per heavy atom. The molecular weight excluding hydrogens is 332 g/mol. The summed E-state index contributed by atoms with van der Waals surface area (Å²) in [4.78, 5) is 24.0. The third kappa shape index (κ3) is 4.11. The molecule has 0 N–H and O–H groups in total. The lowest BCUT2D eigenvalue weighted by atomic mass is 10.1. The minimum atomic E-state index is -0.457. The lowest BCUT2D eigenvalue weighted by Gasteiger charge is -2.10. The van der Waals surface area contributed by atoms with E-state index >= 15 is 0 Å². The van der Waals surface area contributed by atoms with Crippen LogP contribution in [0.15, 0.2) is 57.7 Å². The van der Waals surface area contributed by atoms with Gasteiger partial charge >= 0.3 is 5.97 Å². The fourth-order valence-electron chi connectivity index (χ4n) is 2.52. The smallest absolute Gasteiger partial charge is 0.344 e. The summed E-state index contributed by atoms with van der Waals surface area (Å²) in [5.74, 6) is 0.465. The first-order chi connectivity index (χ1) is 12.4. The van der Waals surface area contributed by atoms with E-state index in [1.165, 1.54) is 6.07 Å². The quantitative estimate of drug-likeness (QED) is 0.647. The monoisotopic (exact) mass is 352 g/mol. The van der Waals surface area contributed by atoms with Crippen LogP contribution in [0.2, 0.25) is 0 Å². The van der Waals surface area contributed by atoms with Crippen molar-refractivity contribution in [3.05, 3.63) is 64.3 Å². The molecule has 134 valence electrons. The van der Waals surface area contributed by atoms with Gasteiger partial charge in [-0.05, 0) is 39.0 Å². The topological polar surface area (TPSA) is 65.7 Å². The Bertz CT molecular complexity index is 983. The zero-order valence-electron chi connectivity index (χ0n) is 14.9. The van der Waals surface area contributed by atoms with Crippen molar-refractivity contribution < 1.29 is 18.7 Å². The Labute approximate surface area is 151 Å². The first kappa shape index (κ1) is 17.7. The van der Waals surface area contributed by atoms with Gasteiger partial charge in [0.2, 0.25) is 0 Å². The average molecular weight is 352 g/mol. The maximum atomic E-state index is 12.5. The molecule has 26 heavy (non-hydrogen) atoms. The van der Waals surface area contributed by atoms with E-state index in [1.54, 1.807) is 32.0 Å². The van der Waals surface area contributed by atoms with Gasteiger partial charge in [0.15, 0.2) is 12.0 Å². The molecular formula is C21H20O5. The minimum Gasteiger partial charge on any atom is -0.482 e. The molecule has 0 bridgehead atoms. The van der Waals surface area contributed by atoms with Crippen molar-refractivity contribution in [2.45, 2.75) is 26.9 Å². The van der Waals surface area contributed by atoms with Gasteiger partial charge in [0.1, 0.15) is 17.1 Å².